The maximum Gasteiger partial charge on any atom is 0.138 e. The molecule has 1 saturated carbocycles. The number of hydrogen-bond donors (Lipinski definition) is 1. The summed E-state index contributed by atoms with van der Waals surface area (Å²) in [5.41, 5.74) is 6.54. The Morgan fingerprint density at radius 2 is 1.68 bits per heavy atom. The molecule has 1 heterocycles. The molecule has 19 heavy (non-hydrogen) atoms. The van der Waals surface area contributed by atoms with Crippen molar-refractivity contribution in [2.75, 3.05) is 0 Å². The number of aromatic nitrogens is 3. The number of nitrogens with zero attached hydrogens (tertiary/aromatic N) is 3. The molecule has 2 unspecified atom stereocenters. The molecule has 0 bridgehead atoms. The van der Waals surface area contributed by atoms with Crippen molar-refractivity contribution < 1.29 is 0 Å². The summed E-state index contributed by atoms with van der Waals surface area (Å²) >= 11 is 0. The van der Waals surface area contributed by atoms with Gasteiger partial charge in [0, 0.05) is 18.0 Å². The monoisotopic (exact) mass is 264 g/mol. The lowest BCUT2D eigenvalue weighted by molar-refractivity contribution is 0.286. The van der Waals surface area contributed by atoms with Gasteiger partial charge in [0.15, 0.2) is 0 Å². The van der Waals surface area contributed by atoms with Crippen LogP contribution in [0.15, 0.2) is 6.33 Å². The molecule has 2 rings (SSSR count). The highest BCUT2D eigenvalue weighted by atomic mass is 15.3. The quantitative estimate of drug-likeness (QED) is 0.848. The summed E-state index contributed by atoms with van der Waals surface area (Å²) < 4.78 is 2.08. The van der Waals surface area contributed by atoms with E-state index in [1.54, 1.807) is 0 Å². The average Bonchev–Trinajstić information content (AvgIpc) is 2.75. The first-order valence-corrected chi connectivity index (χ1v) is 7.56. The molecule has 4 heteroatoms. The molecule has 2 N–H and O–H groups in total. The van der Waals surface area contributed by atoms with E-state index in [0.717, 1.165) is 25.1 Å². The number of aryl methyl sites for hydroxylation is 1. The second-order valence-electron chi connectivity index (χ2n) is 6.89. The molecule has 0 amide bonds. The lowest BCUT2D eigenvalue weighted by atomic mass is 9.76. The van der Waals surface area contributed by atoms with Crippen LogP contribution in [0, 0.1) is 0 Å². The molecular weight excluding hydrogens is 236 g/mol. The Labute approximate surface area is 116 Å². The van der Waals surface area contributed by atoms with Crippen molar-refractivity contribution in [3.63, 3.8) is 0 Å². The van der Waals surface area contributed by atoms with Crippen LogP contribution in [0.4, 0.5) is 0 Å². The minimum atomic E-state index is 0.0120. The van der Waals surface area contributed by atoms with Crippen LogP contribution in [0.3, 0.4) is 0 Å². The molecule has 0 saturated heterocycles. The van der Waals surface area contributed by atoms with Crippen molar-refractivity contribution in [3.05, 3.63) is 12.2 Å². The molecule has 1 aromatic heterocycles. The Morgan fingerprint density at radius 3 is 2.37 bits per heavy atom. The minimum Gasteiger partial charge on any atom is -0.325 e. The minimum absolute atomic E-state index is 0.0120. The van der Waals surface area contributed by atoms with Gasteiger partial charge < -0.3 is 10.3 Å². The van der Waals surface area contributed by atoms with Crippen LogP contribution in [-0.2, 0) is 12.5 Å². The van der Waals surface area contributed by atoms with Gasteiger partial charge >= 0.3 is 0 Å². The average molecular weight is 264 g/mol. The summed E-state index contributed by atoms with van der Waals surface area (Å²) in [6, 6.07) is 0. The normalized spacial score (nSPS) is 34.1. The highest BCUT2D eigenvalue weighted by Crippen LogP contribution is 2.36. The largest absolute Gasteiger partial charge is 0.325 e. The van der Waals surface area contributed by atoms with E-state index in [9.17, 15) is 0 Å². The first-order valence-electron chi connectivity index (χ1n) is 7.56. The Hall–Kier alpha value is -0.900. The van der Waals surface area contributed by atoms with Crippen LogP contribution in [-0.4, -0.2) is 20.3 Å². The van der Waals surface area contributed by atoms with E-state index in [4.69, 9.17) is 5.73 Å². The molecule has 108 valence electrons. The third-order valence-corrected chi connectivity index (χ3v) is 4.70. The van der Waals surface area contributed by atoms with E-state index in [1.807, 2.05) is 13.4 Å². The zero-order chi connectivity index (χ0) is 13.9. The van der Waals surface area contributed by atoms with Gasteiger partial charge in [0.05, 0.1) is 0 Å². The summed E-state index contributed by atoms with van der Waals surface area (Å²) in [5, 5.41) is 8.41. The van der Waals surface area contributed by atoms with Gasteiger partial charge in [-0.15, -0.1) is 10.2 Å². The molecule has 4 nitrogen and oxygen atoms in total. The second-order valence-corrected chi connectivity index (χ2v) is 6.89. The predicted octanol–water partition coefficient (Wildman–Crippen LogP) is 2.92. The molecule has 1 fully saturated rings. The van der Waals surface area contributed by atoms with E-state index >= 15 is 0 Å². The van der Waals surface area contributed by atoms with Gasteiger partial charge in [0.2, 0.25) is 0 Å². The molecule has 0 radical (unpaired) electrons. The number of rotatable bonds is 1. The van der Waals surface area contributed by atoms with Gasteiger partial charge in [0.25, 0.3) is 0 Å². The second kappa shape index (κ2) is 5.61. The van der Waals surface area contributed by atoms with E-state index in [2.05, 4.69) is 28.6 Å². The maximum atomic E-state index is 6.37. The summed E-state index contributed by atoms with van der Waals surface area (Å²) in [6.45, 7) is 4.54. The van der Waals surface area contributed by atoms with Crippen LogP contribution in [0.2, 0.25) is 0 Å². The van der Waals surface area contributed by atoms with Crippen LogP contribution in [0.5, 0.6) is 0 Å². The number of nitrogens with two attached hydrogens (primary N) is 1. The Balaban J connectivity index is 2.13. The standard InChI is InChI=1S/C15H28N4/c1-14(13-18-17-12-19(13)3)8-5-4-6-10-15(2,16)11-7-9-14/h12H,4-11,16H2,1-3H3. The van der Waals surface area contributed by atoms with Crippen LogP contribution >= 0.6 is 0 Å². The molecule has 1 aliphatic rings. The highest BCUT2D eigenvalue weighted by Gasteiger charge is 2.32. The smallest absolute Gasteiger partial charge is 0.138 e. The highest BCUT2D eigenvalue weighted by molar-refractivity contribution is 5.06. The first-order chi connectivity index (χ1) is 8.93. The van der Waals surface area contributed by atoms with E-state index in [-0.39, 0.29) is 11.0 Å². The fraction of sp³-hybridized carbons (Fsp3) is 0.867. The summed E-state index contributed by atoms with van der Waals surface area (Å²) in [4.78, 5) is 0. The molecule has 0 aromatic carbocycles. The topological polar surface area (TPSA) is 56.7 Å². The van der Waals surface area contributed by atoms with Crippen molar-refractivity contribution in [2.24, 2.45) is 12.8 Å². The zero-order valence-electron chi connectivity index (χ0n) is 12.7. The van der Waals surface area contributed by atoms with Crippen molar-refractivity contribution in [3.8, 4) is 0 Å². The summed E-state index contributed by atoms with van der Waals surface area (Å²) in [5.74, 6) is 1.13. The van der Waals surface area contributed by atoms with Gasteiger partial charge in [-0.2, -0.15) is 0 Å². The van der Waals surface area contributed by atoms with Gasteiger partial charge in [-0.25, -0.2) is 0 Å². The van der Waals surface area contributed by atoms with Crippen molar-refractivity contribution in [1.29, 1.82) is 0 Å². The lowest BCUT2D eigenvalue weighted by Gasteiger charge is -2.32. The molecular formula is C15H28N4. The predicted molar refractivity (Wildman–Crippen MR) is 77.9 cm³/mol. The van der Waals surface area contributed by atoms with Crippen LogP contribution in [0.25, 0.3) is 0 Å². The van der Waals surface area contributed by atoms with Crippen LogP contribution in [0.1, 0.15) is 71.0 Å². The van der Waals surface area contributed by atoms with E-state index in [1.165, 1.54) is 32.1 Å². The van der Waals surface area contributed by atoms with Crippen LogP contribution < -0.4 is 5.73 Å². The Morgan fingerprint density at radius 1 is 1.05 bits per heavy atom. The molecule has 0 spiro atoms. The third-order valence-electron chi connectivity index (χ3n) is 4.70. The van der Waals surface area contributed by atoms with Gasteiger partial charge in [-0.05, 0) is 32.6 Å². The number of hydrogen-bond acceptors (Lipinski definition) is 3. The molecule has 2 atom stereocenters. The Kier molecular flexibility index (Phi) is 4.29. The van der Waals surface area contributed by atoms with Crippen molar-refractivity contribution >= 4 is 0 Å². The molecule has 1 aliphatic carbocycles. The van der Waals surface area contributed by atoms with E-state index in [0.29, 0.717) is 0 Å². The fourth-order valence-electron chi connectivity index (χ4n) is 3.41. The van der Waals surface area contributed by atoms with Gasteiger partial charge in [0.1, 0.15) is 12.2 Å². The van der Waals surface area contributed by atoms with E-state index < -0.39 is 0 Å². The lowest BCUT2D eigenvalue weighted by Crippen LogP contribution is -2.37. The summed E-state index contributed by atoms with van der Waals surface area (Å²) in [6.07, 6.45) is 11.4. The Bertz CT molecular complexity index is 410. The zero-order valence-corrected chi connectivity index (χ0v) is 12.7. The SMILES string of the molecule is Cn1cnnc1C1(C)CCCCCC(C)(N)CCC1. The summed E-state index contributed by atoms with van der Waals surface area (Å²) in [7, 11) is 2.05. The molecule has 0 aliphatic heterocycles. The van der Waals surface area contributed by atoms with Crippen molar-refractivity contribution in [1.82, 2.24) is 14.8 Å². The molecule has 1 aromatic rings. The fourth-order valence-corrected chi connectivity index (χ4v) is 3.41. The third kappa shape index (κ3) is 3.56. The van der Waals surface area contributed by atoms with Gasteiger partial charge in [-0.3, -0.25) is 0 Å². The first kappa shape index (κ1) is 14.5. The van der Waals surface area contributed by atoms with Gasteiger partial charge in [-0.1, -0.05) is 32.6 Å². The van der Waals surface area contributed by atoms with Crippen molar-refractivity contribution in [2.45, 2.75) is 76.2 Å². The maximum absolute atomic E-state index is 6.37.